The molecule has 1 saturated heterocycles. The highest BCUT2D eigenvalue weighted by molar-refractivity contribution is 7.08. The minimum atomic E-state index is -0.222. The molecule has 0 bridgehead atoms. The van der Waals surface area contributed by atoms with Crippen LogP contribution in [0.5, 0.6) is 5.75 Å². The highest BCUT2D eigenvalue weighted by Gasteiger charge is 2.35. The summed E-state index contributed by atoms with van der Waals surface area (Å²) in [6, 6.07) is 9.30. The second-order valence-corrected chi connectivity index (χ2v) is 6.69. The second kappa shape index (κ2) is 7.68. The molecule has 2 aromatic rings. The summed E-state index contributed by atoms with van der Waals surface area (Å²) < 4.78 is 10.8. The molecule has 24 heavy (non-hydrogen) atoms. The van der Waals surface area contributed by atoms with E-state index in [9.17, 15) is 4.79 Å². The summed E-state index contributed by atoms with van der Waals surface area (Å²) in [6.45, 7) is 2.05. The minimum Gasteiger partial charge on any atom is -0.495 e. The topological polar surface area (TPSA) is 59.6 Å². The fraction of sp³-hybridized carbons (Fsp3) is 0.389. The monoisotopic (exact) mass is 346 g/mol. The van der Waals surface area contributed by atoms with E-state index in [0.29, 0.717) is 18.0 Å². The molecule has 2 N–H and O–H groups in total. The number of nitrogens with one attached hydrogen (secondary N) is 2. The van der Waals surface area contributed by atoms with Crippen LogP contribution in [0.3, 0.4) is 0 Å². The predicted octanol–water partition coefficient (Wildman–Crippen LogP) is 3.63. The summed E-state index contributed by atoms with van der Waals surface area (Å²) in [5, 5.41) is 10.1. The maximum Gasteiger partial charge on any atom is 0.319 e. The summed E-state index contributed by atoms with van der Waals surface area (Å²) in [6.07, 6.45) is 1.83. The van der Waals surface area contributed by atoms with Gasteiger partial charge in [-0.05, 0) is 47.4 Å². The fourth-order valence-electron chi connectivity index (χ4n) is 3.06. The first-order valence-corrected chi connectivity index (χ1v) is 8.96. The quantitative estimate of drug-likeness (QED) is 0.869. The average Bonchev–Trinajstić information content (AvgIpc) is 3.17. The number of hydrogen-bond donors (Lipinski definition) is 2. The Hall–Kier alpha value is -2.05. The van der Waals surface area contributed by atoms with Crippen LogP contribution in [0.1, 0.15) is 18.4 Å². The Morgan fingerprint density at radius 1 is 1.29 bits per heavy atom. The highest BCUT2D eigenvalue weighted by atomic mass is 32.1. The van der Waals surface area contributed by atoms with E-state index in [1.54, 1.807) is 18.4 Å². The molecule has 0 aliphatic carbocycles. The Balaban J connectivity index is 1.65. The largest absolute Gasteiger partial charge is 0.495 e. The summed E-state index contributed by atoms with van der Waals surface area (Å²) in [5.74, 6) is 0.645. The standard InChI is InChI=1S/C18H22N2O3S/c1-22-16-5-3-2-4-15(16)20-17(21)19-13-18(7-9-23-10-8-18)14-6-11-24-12-14/h2-6,11-12H,7-10,13H2,1H3,(H2,19,20,21). The number of amides is 2. The van der Waals surface area contributed by atoms with Crippen molar-refractivity contribution in [2.45, 2.75) is 18.3 Å². The molecule has 1 aliphatic rings. The highest BCUT2D eigenvalue weighted by Crippen LogP contribution is 2.35. The normalized spacial score (nSPS) is 16.4. The number of carbonyl (C=O) groups is 1. The molecule has 5 nitrogen and oxygen atoms in total. The van der Waals surface area contributed by atoms with Gasteiger partial charge in [0.1, 0.15) is 5.75 Å². The van der Waals surface area contributed by atoms with E-state index in [1.807, 2.05) is 24.3 Å². The number of methoxy groups -OCH3 is 1. The van der Waals surface area contributed by atoms with Gasteiger partial charge < -0.3 is 20.1 Å². The zero-order valence-electron chi connectivity index (χ0n) is 13.7. The molecule has 3 rings (SSSR count). The van der Waals surface area contributed by atoms with Crippen LogP contribution in [0.25, 0.3) is 0 Å². The van der Waals surface area contributed by atoms with Crippen LogP contribution in [-0.4, -0.2) is 32.9 Å². The van der Waals surface area contributed by atoms with Crippen molar-refractivity contribution < 1.29 is 14.3 Å². The predicted molar refractivity (Wildman–Crippen MR) is 96.1 cm³/mol. The molecular weight excluding hydrogens is 324 g/mol. The smallest absolute Gasteiger partial charge is 0.319 e. The third-order valence-electron chi connectivity index (χ3n) is 4.53. The number of thiophene rings is 1. The van der Waals surface area contributed by atoms with Crippen molar-refractivity contribution in [3.05, 3.63) is 46.7 Å². The number of para-hydroxylation sites is 2. The van der Waals surface area contributed by atoms with Gasteiger partial charge in [-0.3, -0.25) is 0 Å². The van der Waals surface area contributed by atoms with Crippen LogP contribution in [0.2, 0.25) is 0 Å². The van der Waals surface area contributed by atoms with Crippen LogP contribution < -0.4 is 15.4 Å². The third-order valence-corrected chi connectivity index (χ3v) is 5.21. The number of anilines is 1. The number of benzene rings is 1. The van der Waals surface area contributed by atoms with Gasteiger partial charge in [-0.25, -0.2) is 4.79 Å². The fourth-order valence-corrected chi connectivity index (χ4v) is 3.84. The van der Waals surface area contributed by atoms with Gasteiger partial charge in [0.05, 0.1) is 12.8 Å². The third kappa shape index (κ3) is 3.71. The van der Waals surface area contributed by atoms with E-state index >= 15 is 0 Å². The number of rotatable bonds is 5. The molecule has 0 radical (unpaired) electrons. The Labute approximate surface area is 146 Å². The van der Waals surface area contributed by atoms with E-state index in [4.69, 9.17) is 9.47 Å². The van der Waals surface area contributed by atoms with Crippen LogP contribution in [0.15, 0.2) is 41.1 Å². The van der Waals surface area contributed by atoms with Crippen molar-refractivity contribution in [1.29, 1.82) is 0 Å². The van der Waals surface area contributed by atoms with Gasteiger partial charge in [0, 0.05) is 25.2 Å². The van der Waals surface area contributed by atoms with Crippen molar-refractivity contribution in [2.24, 2.45) is 0 Å². The Kier molecular flexibility index (Phi) is 5.37. The van der Waals surface area contributed by atoms with E-state index in [-0.39, 0.29) is 11.4 Å². The van der Waals surface area contributed by atoms with Crippen LogP contribution in [0.4, 0.5) is 10.5 Å². The lowest BCUT2D eigenvalue weighted by Crippen LogP contribution is -2.45. The molecule has 6 heteroatoms. The van der Waals surface area contributed by atoms with Gasteiger partial charge in [-0.2, -0.15) is 11.3 Å². The summed E-state index contributed by atoms with van der Waals surface area (Å²) in [7, 11) is 1.59. The van der Waals surface area contributed by atoms with Crippen LogP contribution in [0, 0.1) is 0 Å². The maximum absolute atomic E-state index is 12.3. The van der Waals surface area contributed by atoms with Crippen molar-refractivity contribution in [2.75, 3.05) is 32.2 Å². The zero-order chi connectivity index (χ0) is 16.8. The van der Waals surface area contributed by atoms with E-state index < -0.39 is 0 Å². The summed E-state index contributed by atoms with van der Waals surface area (Å²) in [4.78, 5) is 12.3. The van der Waals surface area contributed by atoms with Gasteiger partial charge in [0.2, 0.25) is 0 Å². The minimum absolute atomic E-state index is 0.0453. The molecular formula is C18H22N2O3S. The molecule has 0 saturated carbocycles. The van der Waals surface area contributed by atoms with Gasteiger partial charge in [-0.15, -0.1) is 0 Å². The molecule has 1 aromatic carbocycles. The molecule has 0 atom stereocenters. The lowest BCUT2D eigenvalue weighted by atomic mass is 9.75. The van der Waals surface area contributed by atoms with Crippen molar-refractivity contribution in [1.82, 2.24) is 5.32 Å². The number of hydrogen-bond acceptors (Lipinski definition) is 4. The van der Waals surface area contributed by atoms with E-state index in [1.165, 1.54) is 5.56 Å². The second-order valence-electron chi connectivity index (χ2n) is 5.91. The number of carbonyl (C=O) groups excluding carboxylic acids is 1. The average molecular weight is 346 g/mol. The molecule has 128 valence electrons. The molecule has 2 amide bonds. The van der Waals surface area contributed by atoms with Gasteiger partial charge in [-0.1, -0.05) is 12.1 Å². The van der Waals surface area contributed by atoms with E-state index in [0.717, 1.165) is 26.1 Å². The van der Waals surface area contributed by atoms with Crippen LogP contribution >= 0.6 is 11.3 Å². The van der Waals surface area contributed by atoms with Gasteiger partial charge in [0.15, 0.2) is 0 Å². The molecule has 0 spiro atoms. The van der Waals surface area contributed by atoms with Gasteiger partial charge >= 0.3 is 6.03 Å². The summed E-state index contributed by atoms with van der Waals surface area (Å²) >= 11 is 1.69. The summed E-state index contributed by atoms with van der Waals surface area (Å²) in [5.41, 5.74) is 1.90. The zero-order valence-corrected chi connectivity index (χ0v) is 14.5. The first-order valence-electron chi connectivity index (χ1n) is 8.02. The van der Waals surface area contributed by atoms with Crippen molar-refractivity contribution in [3.8, 4) is 5.75 Å². The van der Waals surface area contributed by atoms with Crippen LogP contribution in [-0.2, 0) is 10.2 Å². The number of ether oxygens (including phenoxy) is 2. The SMILES string of the molecule is COc1ccccc1NC(=O)NCC1(c2ccsc2)CCOCC1. The lowest BCUT2D eigenvalue weighted by Gasteiger charge is -2.37. The Morgan fingerprint density at radius 2 is 2.08 bits per heavy atom. The molecule has 1 aromatic heterocycles. The van der Waals surface area contributed by atoms with E-state index in [2.05, 4.69) is 27.5 Å². The molecule has 0 unspecified atom stereocenters. The Bertz CT molecular complexity index is 667. The molecule has 1 aliphatic heterocycles. The van der Waals surface area contributed by atoms with Gasteiger partial charge in [0.25, 0.3) is 0 Å². The van der Waals surface area contributed by atoms with Crippen molar-refractivity contribution >= 4 is 23.1 Å². The molecule has 1 fully saturated rings. The first kappa shape index (κ1) is 16.8. The molecule has 2 heterocycles. The maximum atomic E-state index is 12.3. The first-order chi connectivity index (χ1) is 11.7. The Morgan fingerprint density at radius 3 is 2.79 bits per heavy atom. The number of urea groups is 1. The lowest BCUT2D eigenvalue weighted by molar-refractivity contribution is 0.0510. The van der Waals surface area contributed by atoms with Crippen molar-refractivity contribution in [3.63, 3.8) is 0 Å².